The van der Waals surface area contributed by atoms with E-state index in [9.17, 15) is 31.2 Å². The second kappa shape index (κ2) is 8.74. The van der Waals surface area contributed by atoms with Crippen LogP contribution in [0.4, 0.5) is 18.9 Å². The lowest BCUT2D eigenvalue weighted by molar-refractivity contribution is -0.137. The molecule has 162 valence electrons. The Morgan fingerprint density at radius 1 is 1.00 bits per heavy atom. The maximum Gasteiger partial charge on any atom is 0.417 e. The van der Waals surface area contributed by atoms with Gasteiger partial charge in [-0.05, 0) is 29.8 Å². The summed E-state index contributed by atoms with van der Waals surface area (Å²) < 4.78 is 65.9. The average Bonchev–Trinajstić information content (AvgIpc) is 2.74. The number of H-pyrrole nitrogens is 1. The third-order valence-electron chi connectivity index (χ3n) is 4.19. The van der Waals surface area contributed by atoms with Gasteiger partial charge in [-0.1, -0.05) is 36.4 Å². The minimum atomic E-state index is -4.72. The van der Waals surface area contributed by atoms with Gasteiger partial charge in [0, 0.05) is 18.3 Å². The normalized spacial score (nSPS) is 11.8. The van der Waals surface area contributed by atoms with Gasteiger partial charge in [-0.2, -0.15) is 13.2 Å². The molecule has 31 heavy (non-hydrogen) atoms. The molecule has 3 N–H and O–H groups in total. The van der Waals surface area contributed by atoms with E-state index in [1.54, 1.807) is 30.3 Å². The Bertz CT molecular complexity index is 1260. The van der Waals surface area contributed by atoms with Crippen molar-refractivity contribution in [2.75, 3.05) is 5.32 Å². The molecule has 0 spiro atoms. The third-order valence-corrected chi connectivity index (χ3v) is 5.59. The van der Waals surface area contributed by atoms with E-state index in [0.29, 0.717) is 12.3 Å². The molecule has 3 rings (SSSR count). The number of carbonyl (C=O) groups excluding carboxylic acids is 1. The fourth-order valence-electron chi connectivity index (χ4n) is 2.60. The lowest BCUT2D eigenvalue weighted by atomic mass is 10.2. The smallest absolute Gasteiger partial charge is 0.327 e. The van der Waals surface area contributed by atoms with Crippen LogP contribution in [0, 0.1) is 0 Å². The summed E-state index contributed by atoms with van der Waals surface area (Å²) in [6, 6.07) is 14.2. The number of benzene rings is 2. The average molecular weight is 451 g/mol. The van der Waals surface area contributed by atoms with Crippen molar-refractivity contribution in [2.45, 2.75) is 17.6 Å². The summed E-state index contributed by atoms with van der Waals surface area (Å²) in [4.78, 5) is 25.9. The van der Waals surface area contributed by atoms with E-state index in [4.69, 9.17) is 0 Å². The first kappa shape index (κ1) is 22.2. The molecule has 0 aliphatic rings. The van der Waals surface area contributed by atoms with Crippen LogP contribution in [0.3, 0.4) is 0 Å². The zero-order valence-electron chi connectivity index (χ0n) is 15.7. The number of rotatable bonds is 6. The number of pyridine rings is 1. The molecule has 2 aromatic carbocycles. The van der Waals surface area contributed by atoms with Crippen LogP contribution in [0.25, 0.3) is 0 Å². The summed E-state index contributed by atoms with van der Waals surface area (Å²) in [5.41, 5.74) is -2.13. The fraction of sp³-hybridized carbons (Fsp3) is 0.100. The number of hydrogen-bond acceptors (Lipinski definition) is 4. The molecule has 0 saturated heterocycles. The van der Waals surface area contributed by atoms with Gasteiger partial charge in [-0.15, -0.1) is 0 Å². The Morgan fingerprint density at radius 3 is 2.39 bits per heavy atom. The minimum absolute atomic E-state index is 0.0270. The number of aromatic nitrogens is 1. The Labute approximate surface area is 175 Å². The van der Waals surface area contributed by atoms with E-state index in [1.165, 1.54) is 18.2 Å². The molecule has 0 saturated carbocycles. The van der Waals surface area contributed by atoms with Crippen LogP contribution in [0.1, 0.15) is 21.5 Å². The molecular formula is C20H16F3N3O4S. The third kappa shape index (κ3) is 5.58. The van der Waals surface area contributed by atoms with E-state index in [-0.39, 0.29) is 17.0 Å². The number of hydrogen-bond donors (Lipinski definition) is 3. The molecule has 0 fully saturated rings. The van der Waals surface area contributed by atoms with Crippen LogP contribution in [0.2, 0.25) is 0 Å². The monoisotopic (exact) mass is 451 g/mol. The molecule has 11 heteroatoms. The fourth-order valence-corrected chi connectivity index (χ4v) is 3.66. The van der Waals surface area contributed by atoms with E-state index >= 15 is 0 Å². The van der Waals surface area contributed by atoms with E-state index in [1.807, 2.05) is 4.98 Å². The zero-order valence-corrected chi connectivity index (χ0v) is 16.5. The summed E-state index contributed by atoms with van der Waals surface area (Å²) in [7, 11) is -3.97. The molecule has 3 aromatic rings. The first-order chi connectivity index (χ1) is 14.6. The quantitative estimate of drug-likeness (QED) is 0.535. The molecule has 0 aliphatic carbocycles. The van der Waals surface area contributed by atoms with Crippen molar-refractivity contribution in [3.05, 3.63) is 93.9 Å². The van der Waals surface area contributed by atoms with Crippen molar-refractivity contribution >= 4 is 21.6 Å². The molecule has 1 aromatic heterocycles. The Balaban J connectivity index is 1.80. The summed E-state index contributed by atoms with van der Waals surface area (Å²) in [5.74, 6) is -0.940. The van der Waals surface area contributed by atoms with Gasteiger partial charge in [-0.25, -0.2) is 13.1 Å². The van der Waals surface area contributed by atoms with E-state index in [2.05, 4.69) is 10.0 Å². The highest BCUT2D eigenvalue weighted by molar-refractivity contribution is 7.89. The number of carbonyl (C=O) groups is 1. The summed E-state index contributed by atoms with van der Waals surface area (Å²) in [5, 5.41) is 2.08. The second-order valence-corrected chi connectivity index (χ2v) is 8.19. The second-order valence-electron chi connectivity index (χ2n) is 6.42. The number of aromatic amines is 1. The maximum atomic E-state index is 12.8. The van der Waals surface area contributed by atoms with Crippen LogP contribution >= 0.6 is 0 Å². The van der Waals surface area contributed by atoms with Gasteiger partial charge < -0.3 is 10.3 Å². The SMILES string of the molecule is O=C(Nc1cc(C(F)(F)F)c[nH]c1=O)c1cccc(S(=O)(=O)NCc2ccccc2)c1. The topological polar surface area (TPSA) is 108 Å². The van der Waals surface area contributed by atoms with E-state index < -0.39 is 38.9 Å². The first-order valence-electron chi connectivity index (χ1n) is 8.81. The highest BCUT2D eigenvalue weighted by Gasteiger charge is 2.31. The predicted octanol–water partition coefficient (Wildman–Crippen LogP) is 3.12. The van der Waals surface area contributed by atoms with Gasteiger partial charge >= 0.3 is 6.18 Å². The van der Waals surface area contributed by atoms with Crippen LogP contribution in [-0.2, 0) is 22.7 Å². The van der Waals surface area contributed by atoms with Gasteiger partial charge in [0.25, 0.3) is 11.5 Å². The van der Waals surface area contributed by atoms with Gasteiger partial charge in [0.1, 0.15) is 5.69 Å². The molecule has 0 bridgehead atoms. The van der Waals surface area contributed by atoms with Crippen molar-refractivity contribution in [3.8, 4) is 0 Å². The van der Waals surface area contributed by atoms with Crippen molar-refractivity contribution < 1.29 is 26.4 Å². The number of nitrogens with one attached hydrogen (secondary N) is 3. The minimum Gasteiger partial charge on any atom is -0.327 e. The zero-order chi connectivity index (χ0) is 22.6. The Morgan fingerprint density at radius 2 is 1.71 bits per heavy atom. The standard InChI is InChI=1S/C20H16F3N3O4S/c21-20(22,23)15-10-17(19(28)24-12-15)26-18(27)14-7-4-8-16(9-14)31(29,30)25-11-13-5-2-1-3-6-13/h1-10,12,25H,11H2,(H,24,28)(H,26,27). The number of sulfonamides is 1. The molecular weight excluding hydrogens is 435 g/mol. The van der Waals surface area contributed by atoms with E-state index in [0.717, 1.165) is 11.6 Å². The van der Waals surface area contributed by atoms with Crippen LogP contribution in [0.15, 0.2) is 76.6 Å². The van der Waals surface area contributed by atoms with Gasteiger partial charge in [0.05, 0.1) is 10.5 Å². The van der Waals surface area contributed by atoms with Crippen molar-refractivity contribution in [1.29, 1.82) is 0 Å². The molecule has 0 atom stereocenters. The molecule has 1 heterocycles. The van der Waals surface area contributed by atoms with Gasteiger partial charge in [0.15, 0.2) is 0 Å². The van der Waals surface area contributed by atoms with Crippen molar-refractivity contribution in [1.82, 2.24) is 9.71 Å². The molecule has 7 nitrogen and oxygen atoms in total. The maximum absolute atomic E-state index is 12.8. The van der Waals surface area contributed by atoms with Gasteiger partial charge in [0.2, 0.25) is 10.0 Å². The number of alkyl halides is 3. The van der Waals surface area contributed by atoms with Crippen molar-refractivity contribution in [3.63, 3.8) is 0 Å². The molecule has 0 radical (unpaired) electrons. The lowest BCUT2D eigenvalue weighted by Gasteiger charge is -2.10. The summed E-state index contributed by atoms with van der Waals surface area (Å²) in [6.45, 7) is 0.0270. The largest absolute Gasteiger partial charge is 0.417 e. The summed E-state index contributed by atoms with van der Waals surface area (Å²) >= 11 is 0. The predicted molar refractivity (Wildman–Crippen MR) is 107 cm³/mol. The summed E-state index contributed by atoms with van der Waals surface area (Å²) in [6.07, 6.45) is -4.23. The molecule has 0 aliphatic heterocycles. The highest BCUT2D eigenvalue weighted by atomic mass is 32.2. The molecule has 0 unspecified atom stereocenters. The number of amides is 1. The number of halogens is 3. The highest BCUT2D eigenvalue weighted by Crippen LogP contribution is 2.29. The first-order valence-corrected chi connectivity index (χ1v) is 10.3. The molecule has 1 amide bonds. The van der Waals surface area contributed by atoms with Crippen LogP contribution in [0.5, 0.6) is 0 Å². The Hall–Kier alpha value is -3.44. The number of anilines is 1. The Kier molecular flexibility index (Phi) is 6.27. The lowest BCUT2D eigenvalue weighted by Crippen LogP contribution is -2.24. The van der Waals surface area contributed by atoms with Gasteiger partial charge in [-0.3, -0.25) is 9.59 Å². The van der Waals surface area contributed by atoms with Crippen LogP contribution < -0.4 is 15.6 Å². The van der Waals surface area contributed by atoms with Crippen LogP contribution in [-0.4, -0.2) is 19.3 Å². The van der Waals surface area contributed by atoms with Crippen molar-refractivity contribution in [2.24, 2.45) is 0 Å².